The predicted molar refractivity (Wildman–Crippen MR) is 101 cm³/mol. The maximum absolute atomic E-state index is 13.4. The van der Waals surface area contributed by atoms with E-state index in [1.54, 1.807) is 12.3 Å². The number of rotatable bonds is 7. The number of hydrogen-bond acceptors (Lipinski definition) is 6. The van der Waals surface area contributed by atoms with Gasteiger partial charge in [-0.2, -0.15) is 8.78 Å². The van der Waals surface area contributed by atoms with Crippen molar-refractivity contribution >= 4 is 23.3 Å². The summed E-state index contributed by atoms with van der Waals surface area (Å²) >= 11 is 5.78. The van der Waals surface area contributed by atoms with Gasteiger partial charge in [0, 0.05) is 31.3 Å². The Bertz CT molecular complexity index is 924. The molecule has 0 bridgehead atoms. The number of halogens is 4. The molecule has 1 aliphatic heterocycles. The van der Waals surface area contributed by atoms with Crippen molar-refractivity contribution < 1.29 is 27.4 Å². The lowest BCUT2D eigenvalue weighted by Crippen LogP contribution is -2.61. The number of anilines is 1. The van der Waals surface area contributed by atoms with Gasteiger partial charge >= 0.3 is 6.61 Å². The standard InChI is InChI=1S/C19H18ClF3N4O3/c20-18-24-4-3-16(26-18)27-8-12(9-27)25-17(28)10-5-13(6-10)29-15-7-11(21)1-2-14(15)30-19(22)23/h1-4,7,10,12-13,19H,5-6,8-9H2,(H,25,28)/t10-,13-. The van der Waals surface area contributed by atoms with Gasteiger partial charge in [-0.05, 0) is 42.6 Å². The van der Waals surface area contributed by atoms with Crippen LogP contribution >= 0.6 is 11.6 Å². The van der Waals surface area contributed by atoms with E-state index in [0.717, 1.165) is 18.2 Å². The third-order valence-corrected chi connectivity index (χ3v) is 5.23. The summed E-state index contributed by atoms with van der Waals surface area (Å²) in [5.41, 5.74) is 0. The molecule has 0 unspecified atom stereocenters. The molecule has 7 nitrogen and oxygen atoms in total. The van der Waals surface area contributed by atoms with Crippen molar-refractivity contribution in [3.8, 4) is 11.5 Å². The second kappa shape index (κ2) is 8.55. The fourth-order valence-corrected chi connectivity index (χ4v) is 3.54. The van der Waals surface area contributed by atoms with E-state index in [-0.39, 0.29) is 40.8 Å². The second-order valence-corrected chi connectivity index (χ2v) is 7.51. The van der Waals surface area contributed by atoms with Crippen molar-refractivity contribution in [3.05, 3.63) is 41.6 Å². The molecule has 11 heteroatoms. The first-order valence-corrected chi connectivity index (χ1v) is 9.70. The van der Waals surface area contributed by atoms with E-state index >= 15 is 0 Å². The minimum Gasteiger partial charge on any atom is -0.486 e. The van der Waals surface area contributed by atoms with Crippen molar-refractivity contribution in [2.24, 2.45) is 5.92 Å². The highest BCUT2D eigenvalue weighted by atomic mass is 35.5. The molecule has 160 valence electrons. The van der Waals surface area contributed by atoms with Crippen LogP contribution in [0.5, 0.6) is 11.5 Å². The topological polar surface area (TPSA) is 76.6 Å². The van der Waals surface area contributed by atoms with Gasteiger partial charge in [-0.3, -0.25) is 4.79 Å². The Balaban J connectivity index is 1.23. The molecule has 0 radical (unpaired) electrons. The molecule has 1 saturated heterocycles. The Morgan fingerprint density at radius 1 is 1.23 bits per heavy atom. The lowest BCUT2D eigenvalue weighted by atomic mass is 9.81. The van der Waals surface area contributed by atoms with Crippen LogP contribution in [0, 0.1) is 11.7 Å². The minimum absolute atomic E-state index is 0.000438. The smallest absolute Gasteiger partial charge is 0.387 e. The lowest BCUT2D eigenvalue weighted by Gasteiger charge is -2.42. The summed E-state index contributed by atoms with van der Waals surface area (Å²) in [5.74, 6) is -0.598. The van der Waals surface area contributed by atoms with Crippen LogP contribution in [0.4, 0.5) is 19.0 Å². The molecule has 1 aromatic heterocycles. The first-order chi connectivity index (χ1) is 14.4. The lowest BCUT2D eigenvalue weighted by molar-refractivity contribution is -0.131. The Hall–Kier alpha value is -2.75. The highest BCUT2D eigenvalue weighted by Crippen LogP contribution is 2.36. The summed E-state index contributed by atoms with van der Waals surface area (Å²) in [4.78, 5) is 22.3. The van der Waals surface area contributed by atoms with E-state index in [9.17, 15) is 18.0 Å². The first kappa shape index (κ1) is 20.5. The molecule has 1 aliphatic carbocycles. The fourth-order valence-electron chi connectivity index (χ4n) is 3.40. The van der Waals surface area contributed by atoms with E-state index in [0.29, 0.717) is 31.7 Å². The maximum atomic E-state index is 13.4. The molecular weight excluding hydrogens is 425 g/mol. The number of aromatic nitrogens is 2. The molecule has 1 saturated carbocycles. The molecule has 30 heavy (non-hydrogen) atoms. The van der Waals surface area contributed by atoms with Gasteiger partial charge in [0.15, 0.2) is 11.5 Å². The van der Waals surface area contributed by atoms with Crippen molar-refractivity contribution in [1.82, 2.24) is 15.3 Å². The van der Waals surface area contributed by atoms with Crippen LogP contribution in [0.2, 0.25) is 5.28 Å². The molecule has 2 aliphatic rings. The summed E-state index contributed by atoms with van der Waals surface area (Å²) < 4.78 is 48.3. The van der Waals surface area contributed by atoms with Crippen molar-refractivity contribution in [2.75, 3.05) is 18.0 Å². The molecule has 2 aromatic rings. The van der Waals surface area contributed by atoms with Gasteiger partial charge in [-0.1, -0.05) is 0 Å². The highest BCUT2D eigenvalue weighted by Gasteiger charge is 2.39. The van der Waals surface area contributed by atoms with Crippen LogP contribution in [0.25, 0.3) is 0 Å². The SMILES string of the molecule is O=C(NC1CN(c2ccnc(Cl)n2)C1)[C@H]1C[C@H](Oc2cc(F)ccc2OC(F)F)C1. The second-order valence-electron chi connectivity index (χ2n) is 7.17. The van der Waals surface area contributed by atoms with Gasteiger partial charge in [0.1, 0.15) is 17.7 Å². The normalized spacial score (nSPS) is 21.0. The Kier molecular flexibility index (Phi) is 5.85. The first-order valence-electron chi connectivity index (χ1n) is 9.32. The van der Waals surface area contributed by atoms with E-state index < -0.39 is 12.4 Å². The Morgan fingerprint density at radius 2 is 2.00 bits per heavy atom. The van der Waals surface area contributed by atoms with Gasteiger partial charge in [0.25, 0.3) is 0 Å². The van der Waals surface area contributed by atoms with Crippen molar-refractivity contribution in [3.63, 3.8) is 0 Å². The number of nitrogens with zero attached hydrogens (tertiary/aromatic N) is 3. The Morgan fingerprint density at radius 3 is 2.70 bits per heavy atom. The van der Waals surface area contributed by atoms with Gasteiger partial charge in [0.05, 0.1) is 6.04 Å². The number of amides is 1. The Labute approximate surface area is 175 Å². The van der Waals surface area contributed by atoms with Crippen LogP contribution in [0.1, 0.15) is 12.8 Å². The maximum Gasteiger partial charge on any atom is 0.387 e. The summed E-state index contributed by atoms with van der Waals surface area (Å²) in [7, 11) is 0. The number of carbonyl (C=O) groups is 1. The molecule has 1 aromatic carbocycles. The number of benzene rings is 1. The zero-order chi connectivity index (χ0) is 21.3. The van der Waals surface area contributed by atoms with E-state index in [4.69, 9.17) is 16.3 Å². The zero-order valence-electron chi connectivity index (χ0n) is 15.6. The van der Waals surface area contributed by atoms with Gasteiger partial charge in [-0.15, -0.1) is 0 Å². The van der Waals surface area contributed by atoms with Gasteiger partial charge in [0.2, 0.25) is 11.2 Å². The van der Waals surface area contributed by atoms with E-state index in [1.807, 2.05) is 4.90 Å². The minimum atomic E-state index is -3.04. The van der Waals surface area contributed by atoms with Crippen LogP contribution in [-0.2, 0) is 4.79 Å². The average molecular weight is 443 g/mol. The fraction of sp³-hybridized carbons (Fsp3) is 0.421. The summed E-state index contributed by atoms with van der Waals surface area (Å²) in [6.45, 7) is -1.81. The number of carbonyl (C=O) groups excluding carboxylic acids is 1. The highest BCUT2D eigenvalue weighted by molar-refractivity contribution is 6.28. The zero-order valence-corrected chi connectivity index (χ0v) is 16.4. The molecule has 2 heterocycles. The van der Waals surface area contributed by atoms with E-state index in [2.05, 4.69) is 20.0 Å². The van der Waals surface area contributed by atoms with Gasteiger partial charge in [-0.25, -0.2) is 14.4 Å². The molecule has 2 fully saturated rings. The monoisotopic (exact) mass is 442 g/mol. The molecule has 0 spiro atoms. The van der Waals surface area contributed by atoms with Gasteiger partial charge < -0.3 is 19.7 Å². The van der Waals surface area contributed by atoms with Crippen LogP contribution in [0.3, 0.4) is 0 Å². The average Bonchev–Trinajstić information content (AvgIpc) is 2.62. The molecule has 1 N–H and O–H groups in total. The molecule has 0 atom stereocenters. The van der Waals surface area contributed by atoms with E-state index in [1.165, 1.54) is 0 Å². The largest absolute Gasteiger partial charge is 0.486 e. The third kappa shape index (κ3) is 4.69. The number of hydrogen-bond donors (Lipinski definition) is 1. The molecule has 1 amide bonds. The quantitative estimate of drug-likeness (QED) is 0.664. The third-order valence-electron chi connectivity index (χ3n) is 5.04. The number of alkyl halides is 2. The molecule has 4 rings (SSSR count). The summed E-state index contributed by atoms with van der Waals surface area (Å²) in [6.07, 6.45) is 2.02. The van der Waals surface area contributed by atoms with Crippen LogP contribution in [-0.4, -0.2) is 47.7 Å². The van der Waals surface area contributed by atoms with Crippen LogP contribution in [0.15, 0.2) is 30.5 Å². The summed E-state index contributed by atoms with van der Waals surface area (Å²) in [5, 5.41) is 3.13. The molecular formula is C19H18ClF3N4O3. The number of nitrogens with one attached hydrogen (secondary N) is 1. The predicted octanol–water partition coefficient (Wildman–Crippen LogP) is 3.03. The van der Waals surface area contributed by atoms with Crippen molar-refractivity contribution in [2.45, 2.75) is 31.6 Å². The van der Waals surface area contributed by atoms with Crippen molar-refractivity contribution in [1.29, 1.82) is 0 Å². The summed E-state index contributed by atoms with van der Waals surface area (Å²) in [6, 6.07) is 4.84. The van der Waals surface area contributed by atoms with Crippen LogP contribution < -0.4 is 19.7 Å². The number of ether oxygens (including phenoxy) is 2.